The Balaban J connectivity index is 1.49. The second kappa shape index (κ2) is 9.22. The highest BCUT2D eigenvalue weighted by molar-refractivity contribution is 7.19. The van der Waals surface area contributed by atoms with Crippen molar-refractivity contribution in [2.45, 2.75) is 51.2 Å². The molecule has 1 fully saturated rings. The number of nitrogens with one attached hydrogen (secondary N) is 1. The summed E-state index contributed by atoms with van der Waals surface area (Å²) < 4.78 is 3.65. The molecule has 38 heavy (non-hydrogen) atoms. The fraction of sp³-hybridized carbons (Fsp3) is 0.379. The monoisotopic (exact) mass is 526 g/mol. The standard InChI is InChI=1S/C29H30N6O2S/c1-29(2)14-20(16-32-29)34-9-4-5-19-11-18(15-30)12-23(26(19)34)22-6-8-31-24-13-21(38-27(22)24)17-35-25(36)7-10-33(3)28(35)37/h6-8,10-13,20,32H,4-5,9,14,16-17H2,1-3H3/t20-/m1/s1. The molecule has 0 saturated carbocycles. The van der Waals surface area contributed by atoms with Gasteiger partial charge in [-0.3, -0.25) is 14.3 Å². The Hall–Kier alpha value is -3.74. The summed E-state index contributed by atoms with van der Waals surface area (Å²) in [7, 11) is 1.64. The van der Waals surface area contributed by atoms with Crippen LogP contribution in [-0.2, 0) is 20.0 Å². The smallest absolute Gasteiger partial charge is 0.331 e. The Morgan fingerprint density at radius 3 is 2.82 bits per heavy atom. The molecular weight excluding hydrogens is 496 g/mol. The van der Waals surface area contributed by atoms with Gasteiger partial charge >= 0.3 is 5.69 Å². The van der Waals surface area contributed by atoms with E-state index in [2.05, 4.69) is 35.1 Å². The maximum atomic E-state index is 12.6. The first-order valence-electron chi connectivity index (χ1n) is 13.0. The highest BCUT2D eigenvalue weighted by atomic mass is 32.1. The van der Waals surface area contributed by atoms with E-state index in [1.807, 2.05) is 24.3 Å². The highest BCUT2D eigenvalue weighted by Crippen LogP contribution is 2.44. The molecule has 0 radical (unpaired) electrons. The fourth-order valence-electron chi connectivity index (χ4n) is 5.95. The lowest BCUT2D eigenvalue weighted by Crippen LogP contribution is -2.40. The van der Waals surface area contributed by atoms with Gasteiger partial charge in [-0.05, 0) is 62.9 Å². The number of nitrogens with zero attached hydrogens (tertiary/aromatic N) is 5. The van der Waals surface area contributed by atoms with E-state index in [1.165, 1.54) is 32.6 Å². The zero-order chi connectivity index (χ0) is 26.6. The van der Waals surface area contributed by atoms with Gasteiger partial charge in [0.2, 0.25) is 0 Å². The number of thiophene rings is 1. The Kier molecular flexibility index (Phi) is 5.97. The third-order valence-electron chi connectivity index (χ3n) is 7.76. The molecule has 9 heteroatoms. The third kappa shape index (κ3) is 4.24. The van der Waals surface area contributed by atoms with Crippen LogP contribution in [0.2, 0.25) is 0 Å². The van der Waals surface area contributed by atoms with E-state index in [0.29, 0.717) is 11.6 Å². The molecule has 0 bridgehead atoms. The molecule has 6 rings (SSSR count). The maximum Gasteiger partial charge on any atom is 0.331 e. The topological polar surface area (TPSA) is 95.9 Å². The average molecular weight is 527 g/mol. The second-order valence-electron chi connectivity index (χ2n) is 11.0. The molecule has 0 aliphatic carbocycles. The van der Waals surface area contributed by atoms with Gasteiger partial charge in [0.25, 0.3) is 5.56 Å². The van der Waals surface area contributed by atoms with Gasteiger partial charge in [-0.2, -0.15) is 5.26 Å². The van der Waals surface area contributed by atoms with E-state index in [0.717, 1.165) is 58.6 Å². The van der Waals surface area contributed by atoms with E-state index in [1.54, 1.807) is 24.6 Å². The molecule has 0 spiro atoms. The van der Waals surface area contributed by atoms with Crippen molar-refractivity contribution >= 4 is 27.2 Å². The van der Waals surface area contributed by atoms with E-state index in [-0.39, 0.29) is 23.3 Å². The van der Waals surface area contributed by atoms with Crippen molar-refractivity contribution in [2.75, 3.05) is 18.0 Å². The van der Waals surface area contributed by atoms with Crippen LogP contribution in [0.15, 0.2) is 52.3 Å². The van der Waals surface area contributed by atoms with Gasteiger partial charge < -0.3 is 14.8 Å². The molecule has 5 heterocycles. The second-order valence-corrected chi connectivity index (χ2v) is 12.1. The number of pyridine rings is 1. The maximum absolute atomic E-state index is 12.6. The molecule has 1 N–H and O–H groups in total. The molecule has 4 aromatic rings. The van der Waals surface area contributed by atoms with E-state index in [9.17, 15) is 14.9 Å². The first-order chi connectivity index (χ1) is 18.2. The molecule has 0 amide bonds. The number of nitriles is 1. The molecule has 8 nitrogen and oxygen atoms in total. The lowest BCUT2D eigenvalue weighted by Gasteiger charge is -2.38. The number of hydrogen-bond donors (Lipinski definition) is 1. The molecule has 2 aliphatic heterocycles. The van der Waals surface area contributed by atoms with Gasteiger partial charge in [-0.25, -0.2) is 4.79 Å². The molecule has 3 aromatic heterocycles. The van der Waals surface area contributed by atoms with Crippen LogP contribution < -0.4 is 21.5 Å². The third-order valence-corrected chi connectivity index (χ3v) is 8.90. The number of aromatic nitrogens is 3. The summed E-state index contributed by atoms with van der Waals surface area (Å²) in [5.41, 5.74) is 5.43. The predicted octanol–water partition coefficient (Wildman–Crippen LogP) is 3.64. The number of hydrogen-bond acceptors (Lipinski definition) is 7. The normalized spacial score (nSPS) is 18.5. The van der Waals surface area contributed by atoms with Crippen LogP contribution in [-0.4, -0.2) is 38.8 Å². The molecule has 0 unspecified atom stereocenters. The van der Waals surface area contributed by atoms with Crippen molar-refractivity contribution in [3.05, 3.63) is 79.6 Å². The molecule has 1 saturated heterocycles. The van der Waals surface area contributed by atoms with Crippen molar-refractivity contribution in [3.8, 4) is 17.2 Å². The van der Waals surface area contributed by atoms with Crippen LogP contribution in [0.25, 0.3) is 21.3 Å². The van der Waals surface area contributed by atoms with Crippen LogP contribution in [0.5, 0.6) is 0 Å². The van der Waals surface area contributed by atoms with E-state index in [4.69, 9.17) is 0 Å². The van der Waals surface area contributed by atoms with Crippen LogP contribution in [0.4, 0.5) is 5.69 Å². The first kappa shape index (κ1) is 24.6. The SMILES string of the molecule is Cn1ccc(=O)n(Cc2cc3nccc(-c4cc(C#N)cc5c4N([C@H]4CNC(C)(C)C4)CCC5)c3s2)c1=O. The summed E-state index contributed by atoms with van der Waals surface area (Å²) in [5.74, 6) is 0. The van der Waals surface area contributed by atoms with Crippen LogP contribution in [0, 0.1) is 11.3 Å². The quantitative estimate of drug-likeness (QED) is 0.436. The van der Waals surface area contributed by atoms with Gasteiger partial charge in [-0.1, -0.05) is 0 Å². The van der Waals surface area contributed by atoms with Crippen molar-refractivity contribution < 1.29 is 0 Å². The molecule has 1 aromatic carbocycles. The van der Waals surface area contributed by atoms with Crippen molar-refractivity contribution in [1.29, 1.82) is 5.26 Å². The zero-order valence-corrected chi connectivity index (χ0v) is 22.6. The van der Waals surface area contributed by atoms with Gasteiger partial charge in [0.1, 0.15) is 0 Å². The van der Waals surface area contributed by atoms with Gasteiger partial charge in [0, 0.05) is 71.9 Å². The predicted molar refractivity (Wildman–Crippen MR) is 151 cm³/mol. The fourth-order valence-corrected chi connectivity index (χ4v) is 7.08. The number of anilines is 1. The number of fused-ring (bicyclic) bond motifs is 2. The summed E-state index contributed by atoms with van der Waals surface area (Å²) in [4.78, 5) is 33.1. The minimum atomic E-state index is -0.345. The highest BCUT2D eigenvalue weighted by Gasteiger charge is 2.36. The summed E-state index contributed by atoms with van der Waals surface area (Å²) in [6, 6.07) is 12.2. The Morgan fingerprint density at radius 2 is 2.05 bits per heavy atom. The Bertz CT molecular complexity index is 1720. The Labute approximate surface area is 224 Å². The summed E-state index contributed by atoms with van der Waals surface area (Å²) in [6.45, 7) is 6.61. The minimum absolute atomic E-state index is 0.0915. The van der Waals surface area contributed by atoms with Gasteiger partial charge in [0.05, 0.1) is 28.4 Å². The summed E-state index contributed by atoms with van der Waals surface area (Å²) in [5, 5.41) is 13.5. The Morgan fingerprint density at radius 1 is 1.21 bits per heavy atom. The van der Waals surface area contributed by atoms with E-state index < -0.39 is 0 Å². The van der Waals surface area contributed by atoms with Gasteiger partial charge in [0.15, 0.2) is 0 Å². The zero-order valence-electron chi connectivity index (χ0n) is 21.8. The summed E-state index contributed by atoms with van der Waals surface area (Å²) in [6.07, 6.45) is 6.36. The average Bonchev–Trinajstić information content (AvgIpc) is 3.49. The van der Waals surface area contributed by atoms with Gasteiger partial charge in [-0.15, -0.1) is 11.3 Å². The van der Waals surface area contributed by atoms with Crippen molar-refractivity contribution in [2.24, 2.45) is 7.05 Å². The van der Waals surface area contributed by atoms with Crippen LogP contribution in [0.3, 0.4) is 0 Å². The first-order valence-corrected chi connectivity index (χ1v) is 13.8. The molecule has 1 atom stereocenters. The lowest BCUT2D eigenvalue weighted by atomic mass is 9.90. The number of rotatable bonds is 4. The number of benzene rings is 1. The van der Waals surface area contributed by atoms with Crippen molar-refractivity contribution in [1.82, 2.24) is 19.4 Å². The summed E-state index contributed by atoms with van der Waals surface area (Å²) >= 11 is 1.55. The molecular formula is C29H30N6O2S. The lowest BCUT2D eigenvalue weighted by molar-refractivity contribution is 0.450. The van der Waals surface area contributed by atoms with E-state index >= 15 is 0 Å². The molecule has 2 aliphatic rings. The van der Waals surface area contributed by atoms with Crippen molar-refractivity contribution in [3.63, 3.8) is 0 Å². The molecule has 194 valence electrons. The minimum Gasteiger partial charge on any atom is -0.366 e. The van der Waals surface area contributed by atoms with Crippen LogP contribution in [0.1, 0.15) is 42.7 Å². The largest absolute Gasteiger partial charge is 0.366 e. The van der Waals surface area contributed by atoms with Crippen LogP contribution >= 0.6 is 11.3 Å². The number of aryl methyl sites for hydroxylation is 2.